The van der Waals surface area contributed by atoms with Crippen LogP contribution in [0.4, 0.5) is 11.4 Å². The first-order valence-electron chi connectivity index (χ1n) is 8.93. The summed E-state index contributed by atoms with van der Waals surface area (Å²) < 4.78 is 0. The van der Waals surface area contributed by atoms with E-state index >= 15 is 0 Å². The van der Waals surface area contributed by atoms with E-state index < -0.39 is 0 Å². The summed E-state index contributed by atoms with van der Waals surface area (Å²) in [7, 11) is 1.00. The second-order valence-corrected chi connectivity index (χ2v) is 5.85. The number of hydrogen-bond acceptors (Lipinski definition) is 5. The first-order chi connectivity index (χ1) is 14.0. The Kier molecular flexibility index (Phi) is 12.7. The van der Waals surface area contributed by atoms with Crippen LogP contribution in [0.25, 0.3) is 22.3 Å². The molecule has 0 unspecified atom stereocenters. The van der Waals surface area contributed by atoms with Gasteiger partial charge in [-0.1, -0.05) is 54.6 Å². The van der Waals surface area contributed by atoms with Crippen LogP contribution in [0.15, 0.2) is 84.6 Å². The van der Waals surface area contributed by atoms with Gasteiger partial charge in [-0.15, -0.1) is 0 Å². The zero-order chi connectivity index (χ0) is 22.2. The fraction of sp³-hybridized carbons (Fsp3) is 0.125. The monoisotopic (exact) mass is 393 g/mol. The number of allylic oxidation sites excluding steroid dienone is 2. The number of aliphatic hydroxyl groups is 1. The number of anilines is 2. The van der Waals surface area contributed by atoms with Crippen LogP contribution >= 0.6 is 0 Å². The fourth-order valence-electron chi connectivity index (χ4n) is 2.21. The molecule has 7 N–H and O–H groups in total. The molecule has 154 valence electrons. The molecule has 0 spiro atoms. The lowest BCUT2D eigenvalue weighted by atomic mass is 10.00. The molecule has 0 aliphatic rings. The third kappa shape index (κ3) is 9.26. The second-order valence-electron chi connectivity index (χ2n) is 5.85. The summed E-state index contributed by atoms with van der Waals surface area (Å²) >= 11 is 0. The average Bonchev–Trinajstić information content (AvgIpc) is 2.78. The van der Waals surface area contributed by atoms with E-state index in [9.17, 15) is 0 Å². The molecule has 0 radical (unpaired) electrons. The first kappa shape index (κ1) is 25.4. The first-order valence-corrected chi connectivity index (χ1v) is 8.93. The number of carbonyl (C=O) groups is 1. The van der Waals surface area contributed by atoms with Crippen molar-refractivity contribution in [2.24, 2.45) is 5.73 Å². The van der Waals surface area contributed by atoms with E-state index in [1.807, 2.05) is 75.2 Å². The average molecular weight is 394 g/mol. The minimum atomic E-state index is 0.784. The van der Waals surface area contributed by atoms with Gasteiger partial charge in [0.15, 0.2) is 0 Å². The van der Waals surface area contributed by atoms with E-state index in [1.165, 1.54) is 22.3 Å². The maximum Gasteiger partial charge on any atom is 0.106 e. The molecule has 29 heavy (non-hydrogen) atoms. The topological polar surface area (TPSA) is 115 Å². The normalized spacial score (nSPS) is 9.59. The molecule has 0 bridgehead atoms. The number of rotatable bonds is 2. The number of nitrogens with two attached hydrogens (primary N) is 3. The van der Waals surface area contributed by atoms with Crippen LogP contribution in [0.1, 0.15) is 13.8 Å². The molecular weight excluding hydrogens is 362 g/mol. The van der Waals surface area contributed by atoms with Crippen LogP contribution in [0.3, 0.4) is 0 Å². The van der Waals surface area contributed by atoms with E-state index in [0.29, 0.717) is 0 Å². The molecule has 0 saturated heterocycles. The lowest BCUT2D eigenvalue weighted by Crippen LogP contribution is -1.86. The molecule has 0 aliphatic carbocycles. The van der Waals surface area contributed by atoms with E-state index in [2.05, 4.69) is 24.3 Å². The van der Waals surface area contributed by atoms with Crippen molar-refractivity contribution >= 4 is 18.2 Å². The van der Waals surface area contributed by atoms with Crippen LogP contribution in [0.2, 0.25) is 0 Å². The quantitative estimate of drug-likeness (QED) is 0.479. The fourth-order valence-corrected chi connectivity index (χ4v) is 2.21. The largest absolute Gasteiger partial charge is 0.403 e. The summed E-state index contributed by atoms with van der Waals surface area (Å²) in [5, 5.41) is 7.00. The van der Waals surface area contributed by atoms with Crippen molar-refractivity contribution in [3.05, 3.63) is 84.6 Å². The van der Waals surface area contributed by atoms with Gasteiger partial charge in [0, 0.05) is 24.2 Å². The smallest absolute Gasteiger partial charge is 0.106 e. The maximum atomic E-state index is 8.00. The summed E-state index contributed by atoms with van der Waals surface area (Å²) in [6.45, 7) is 5.77. The molecule has 5 nitrogen and oxygen atoms in total. The van der Waals surface area contributed by atoms with Gasteiger partial charge in [-0.3, -0.25) is 0 Å². The van der Waals surface area contributed by atoms with Gasteiger partial charge in [-0.2, -0.15) is 0 Å². The van der Waals surface area contributed by atoms with Gasteiger partial charge in [0.05, 0.1) is 0 Å². The van der Waals surface area contributed by atoms with Gasteiger partial charge in [0.25, 0.3) is 0 Å². The second kappa shape index (κ2) is 14.5. The number of carbonyl (C=O) groups excluding carboxylic acids is 1. The third-order valence-electron chi connectivity index (χ3n) is 3.83. The summed E-state index contributed by atoms with van der Waals surface area (Å²) in [5.74, 6) is 0. The van der Waals surface area contributed by atoms with Crippen LogP contribution in [0, 0.1) is 0 Å². The molecule has 0 atom stereocenters. The lowest BCUT2D eigenvalue weighted by molar-refractivity contribution is -0.0979. The number of hydrogen-bond donors (Lipinski definition) is 4. The van der Waals surface area contributed by atoms with Gasteiger partial charge in [-0.05, 0) is 60.4 Å². The third-order valence-corrected chi connectivity index (χ3v) is 3.83. The van der Waals surface area contributed by atoms with Crippen LogP contribution < -0.4 is 17.2 Å². The molecule has 0 saturated carbocycles. The van der Waals surface area contributed by atoms with Crippen LogP contribution in [0.5, 0.6) is 0 Å². The van der Waals surface area contributed by atoms with Crippen molar-refractivity contribution < 1.29 is 9.90 Å². The Hall–Kier alpha value is -3.57. The van der Waals surface area contributed by atoms with Crippen molar-refractivity contribution in [2.45, 2.75) is 13.8 Å². The Bertz CT molecular complexity index is 772. The van der Waals surface area contributed by atoms with Crippen molar-refractivity contribution in [1.82, 2.24) is 0 Å². The van der Waals surface area contributed by atoms with E-state index in [0.717, 1.165) is 24.2 Å². The highest BCUT2D eigenvalue weighted by Crippen LogP contribution is 2.25. The highest BCUT2D eigenvalue weighted by molar-refractivity contribution is 5.71. The summed E-state index contributed by atoms with van der Waals surface area (Å²) in [5.41, 5.74) is 23.7. The highest BCUT2D eigenvalue weighted by atomic mass is 16.2. The van der Waals surface area contributed by atoms with Crippen molar-refractivity contribution in [1.29, 1.82) is 0 Å². The molecule has 0 fully saturated rings. The Morgan fingerprint density at radius 3 is 1.03 bits per heavy atom. The zero-order valence-electron chi connectivity index (χ0n) is 17.3. The Morgan fingerprint density at radius 2 is 0.862 bits per heavy atom. The van der Waals surface area contributed by atoms with Crippen LogP contribution in [-0.4, -0.2) is 19.0 Å². The molecule has 0 heterocycles. The van der Waals surface area contributed by atoms with E-state index in [1.54, 1.807) is 0 Å². The highest BCUT2D eigenvalue weighted by Gasteiger charge is 2.00. The van der Waals surface area contributed by atoms with Gasteiger partial charge in [0.2, 0.25) is 0 Å². The summed E-state index contributed by atoms with van der Waals surface area (Å²) in [4.78, 5) is 8.00. The Morgan fingerprint density at radius 1 is 0.690 bits per heavy atom. The molecule has 3 aromatic rings. The maximum absolute atomic E-state index is 8.00. The van der Waals surface area contributed by atoms with Gasteiger partial charge in [0.1, 0.15) is 6.79 Å². The molecule has 3 rings (SSSR count). The lowest BCUT2D eigenvalue weighted by Gasteiger charge is -2.06. The van der Waals surface area contributed by atoms with Crippen LogP contribution in [-0.2, 0) is 4.79 Å². The molecule has 0 aliphatic heterocycles. The minimum Gasteiger partial charge on any atom is -0.403 e. The molecule has 0 amide bonds. The molecule has 0 aromatic heterocycles. The van der Waals surface area contributed by atoms with Gasteiger partial charge >= 0.3 is 0 Å². The van der Waals surface area contributed by atoms with E-state index in [4.69, 9.17) is 27.1 Å². The van der Waals surface area contributed by atoms with Gasteiger partial charge in [-0.25, -0.2) is 0 Å². The summed E-state index contributed by atoms with van der Waals surface area (Å²) in [6.07, 6.45) is 1.86. The predicted molar refractivity (Wildman–Crippen MR) is 125 cm³/mol. The van der Waals surface area contributed by atoms with Crippen molar-refractivity contribution in [2.75, 3.05) is 18.6 Å². The predicted octanol–water partition coefficient (Wildman–Crippen LogP) is 4.48. The molecular formula is C24H31N3O2. The van der Waals surface area contributed by atoms with Crippen molar-refractivity contribution in [3.63, 3.8) is 0 Å². The molecule has 5 heteroatoms. The summed E-state index contributed by atoms with van der Waals surface area (Å²) in [6, 6.07) is 24.3. The van der Waals surface area contributed by atoms with E-state index in [-0.39, 0.29) is 0 Å². The minimum absolute atomic E-state index is 0.784. The molecule has 3 aromatic carbocycles. The number of benzene rings is 3. The standard InChI is InChI=1S/C18H16N2.C4H9N.CH4O.CH2O/c19-17-9-5-15(6-10-17)13-1-2-14(4-3-13)16-7-11-18(20)12-8-16;1-3-4(2)5;2*1-2/h1-12H,19-20H2;3H,5H2,1-2H3;2H,1H3;1H2/b;4-3+;;. The van der Waals surface area contributed by atoms with Gasteiger partial charge < -0.3 is 27.1 Å². The Balaban J connectivity index is 0.000000752. The SMILES string of the molecule is C/C=C(\C)N.C=O.CO.Nc1ccc(-c2ccc(-c3ccc(N)cc3)cc2)cc1. The van der Waals surface area contributed by atoms with Crippen molar-refractivity contribution in [3.8, 4) is 22.3 Å². The zero-order valence-corrected chi connectivity index (χ0v) is 17.3. The Labute approximate surface area is 173 Å². The number of nitrogen functional groups attached to an aromatic ring is 2. The number of aliphatic hydroxyl groups excluding tert-OH is 1.